The fourth-order valence-electron chi connectivity index (χ4n) is 0.366. The molecule has 0 saturated heterocycles. The van der Waals surface area contributed by atoms with Crippen LogP contribution >= 0.6 is 0 Å². The van der Waals surface area contributed by atoms with Gasteiger partial charge in [-0.15, -0.1) is 0 Å². The number of nitrogens with zero attached hydrogens (tertiary/aromatic N) is 1. The van der Waals surface area contributed by atoms with Crippen molar-refractivity contribution in [1.82, 2.24) is 0 Å². The van der Waals surface area contributed by atoms with Crippen LogP contribution in [-0.2, 0) is 11.1 Å². The number of unbranched alkanes of at least 4 members (excludes halogenated alkanes) is 1. The molecule has 54 valence electrons. The highest BCUT2D eigenvalue weighted by Crippen LogP contribution is 1.85. The third-order valence-corrected chi connectivity index (χ3v) is 1.13. The summed E-state index contributed by atoms with van der Waals surface area (Å²) < 4.78 is 18.1. The minimum Gasteiger partial charge on any atom is -0.302 e. The zero-order chi connectivity index (χ0) is 7.11. The summed E-state index contributed by atoms with van der Waals surface area (Å²) in [6, 6.07) is 0. The van der Waals surface area contributed by atoms with Crippen LogP contribution in [-0.4, -0.2) is 20.9 Å². The lowest BCUT2D eigenvalue weighted by Gasteiger charge is -1.85. The molecule has 0 aromatic heterocycles. The lowest BCUT2D eigenvalue weighted by molar-refractivity contribution is 0.578. The third kappa shape index (κ3) is 7.78. The van der Waals surface area contributed by atoms with Crippen LogP contribution in [0.4, 0.5) is 0 Å². The van der Waals surface area contributed by atoms with Crippen molar-refractivity contribution in [2.75, 3.05) is 6.54 Å². The second-order valence-electron chi connectivity index (χ2n) is 1.64. The van der Waals surface area contributed by atoms with Crippen LogP contribution in [0.15, 0.2) is 4.99 Å². The van der Waals surface area contributed by atoms with Crippen LogP contribution in [0, 0.1) is 0 Å². The lowest BCUT2D eigenvalue weighted by Crippen LogP contribution is -1.87. The molecule has 0 bridgehead atoms. The molecule has 1 atom stereocenters. The maximum absolute atomic E-state index is 9.92. The predicted molar refractivity (Wildman–Crippen MR) is 39.0 cm³/mol. The molecule has 0 aromatic rings. The smallest absolute Gasteiger partial charge is 0.197 e. The van der Waals surface area contributed by atoms with Crippen molar-refractivity contribution in [3.05, 3.63) is 0 Å². The van der Waals surface area contributed by atoms with Crippen LogP contribution in [0.3, 0.4) is 0 Å². The second kappa shape index (κ2) is 5.91. The summed E-state index contributed by atoms with van der Waals surface area (Å²) in [4.78, 5) is 3.69. The summed E-state index contributed by atoms with van der Waals surface area (Å²) in [7, 11) is 0. The first-order valence-corrected chi connectivity index (χ1v) is 4.04. The molecule has 0 aromatic carbocycles. The Morgan fingerprint density at radius 1 is 1.78 bits per heavy atom. The van der Waals surface area contributed by atoms with Gasteiger partial charge in [0.2, 0.25) is 0 Å². The van der Waals surface area contributed by atoms with E-state index in [1.54, 1.807) is 0 Å². The van der Waals surface area contributed by atoms with Gasteiger partial charge < -0.3 is 4.55 Å². The second-order valence-corrected chi connectivity index (χ2v) is 2.40. The van der Waals surface area contributed by atoms with Gasteiger partial charge in [0, 0.05) is 6.54 Å². The van der Waals surface area contributed by atoms with Gasteiger partial charge in [-0.3, -0.25) is 4.99 Å². The monoisotopic (exact) mass is 149 g/mol. The molecule has 0 aliphatic heterocycles. The van der Waals surface area contributed by atoms with Crippen molar-refractivity contribution >= 4 is 16.6 Å². The summed E-state index contributed by atoms with van der Waals surface area (Å²) >= 11 is -1.86. The lowest BCUT2D eigenvalue weighted by atomic mass is 10.3. The van der Waals surface area contributed by atoms with Crippen molar-refractivity contribution in [2.45, 2.75) is 19.8 Å². The average Bonchev–Trinajstić information content (AvgIpc) is 1.80. The molecule has 0 spiro atoms. The number of hydrogen-bond acceptors (Lipinski definition) is 2. The van der Waals surface area contributed by atoms with Gasteiger partial charge in [-0.05, 0) is 6.42 Å². The van der Waals surface area contributed by atoms with Crippen molar-refractivity contribution in [3.63, 3.8) is 0 Å². The first-order chi connectivity index (χ1) is 4.27. The van der Waals surface area contributed by atoms with E-state index in [9.17, 15) is 4.21 Å². The number of rotatable bonds is 4. The SMILES string of the molecule is CCCCN=CS(=O)O. The Hall–Kier alpha value is -0.220. The fourth-order valence-corrected chi connectivity index (χ4v) is 0.599. The van der Waals surface area contributed by atoms with Gasteiger partial charge in [-0.1, -0.05) is 13.3 Å². The summed E-state index contributed by atoms with van der Waals surface area (Å²) in [5.74, 6) is 0. The highest BCUT2D eigenvalue weighted by molar-refractivity contribution is 7.93. The molecule has 1 N–H and O–H groups in total. The fraction of sp³-hybridized carbons (Fsp3) is 0.800. The van der Waals surface area contributed by atoms with E-state index in [1.165, 1.54) is 0 Å². The Balaban J connectivity index is 3.15. The third-order valence-electron chi connectivity index (χ3n) is 0.805. The van der Waals surface area contributed by atoms with Gasteiger partial charge in [0.15, 0.2) is 11.1 Å². The molecule has 0 radical (unpaired) electrons. The van der Waals surface area contributed by atoms with E-state index in [2.05, 4.69) is 4.99 Å². The summed E-state index contributed by atoms with van der Waals surface area (Å²) in [5.41, 5.74) is 1.05. The van der Waals surface area contributed by atoms with Gasteiger partial charge in [0.25, 0.3) is 0 Å². The molecule has 0 saturated carbocycles. The zero-order valence-corrected chi connectivity index (χ0v) is 6.23. The van der Waals surface area contributed by atoms with Crippen LogP contribution in [0.2, 0.25) is 0 Å². The highest BCUT2D eigenvalue weighted by atomic mass is 32.2. The highest BCUT2D eigenvalue weighted by Gasteiger charge is 1.81. The van der Waals surface area contributed by atoms with Crippen molar-refractivity contribution in [2.24, 2.45) is 4.99 Å². The minimum atomic E-state index is -1.86. The molecule has 1 unspecified atom stereocenters. The molecule has 0 aliphatic rings. The van der Waals surface area contributed by atoms with Crippen LogP contribution in [0.1, 0.15) is 19.8 Å². The van der Waals surface area contributed by atoms with Gasteiger partial charge in [-0.2, -0.15) is 0 Å². The molecule has 0 fully saturated rings. The van der Waals surface area contributed by atoms with Crippen LogP contribution < -0.4 is 0 Å². The minimum absolute atomic E-state index is 0.656. The van der Waals surface area contributed by atoms with Gasteiger partial charge in [-0.25, -0.2) is 4.21 Å². The molecule has 0 rings (SSSR count). The first kappa shape index (κ1) is 8.78. The molecule has 9 heavy (non-hydrogen) atoms. The van der Waals surface area contributed by atoms with Gasteiger partial charge >= 0.3 is 0 Å². The first-order valence-electron chi connectivity index (χ1n) is 2.87. The Bertz CT molecular complexity index is 114. The number of aliphatic imine (C=N–C) groups is 1. The maximum Gasteiger partial charge on any atom is 0.197 e. The van der Waals surface area contributed by atoms with E-state index in [0.717, 1.165) is 18.4 Å². The van der Waals surface area contributed by atoms with Crippen molar-refractivity contribution in [3.8, 4) is 0 Å². The Morgan fingerprint density at radius 3 is 2.89 bits per heavy atom. The van der Waals surface area contributed by atoms with E-state index in [0.29, 0.717) is 6.54 Å². The Labute approximate surface area is 57.5 Å². The summed E-state index contributed by atoms with van der Waals surface area (Å²) in [5, 5.41) is 0. The van der Waals surface area contributed by atoms with E-state index >= 15 is 0 Å². The van der Waals surface area contributed by atoms with Crippen LogP contribution in [0.5, 0.6) is 0 Å². The average molecular weight is 149 g/mol. The molecule has 0 aliphatic carbocycles. The Kier molecular flexibility index (Phi) is 5.76. The van der Waals surface area contributed by atoms with Crippen molar-refractivity contribution < 1.29 is 8.76 Å². The topological polar surface area (TPSA) is 49.7 Å². The number of hydrogen-bond donors (Lipinski definition) is 1. The normalized spacial score (nSPS) is 14.4. The van der Waals surface area contributed by atoms with Crippen LogP contribution in [0.25, 0.3) is 0 Å². The molecule has 3 nitrogen and oxygen atoms in total. The largest absolute Gasteiger partial charge is 0.302 e. The summed E-state index contributed by atoms with van der Waals surface area (Å²) in [6.07, 6.45) is 2.04. The molecular formula is C5H11NO2S. The zero-order valence-electron chi connectivity index (χ0n) is 5.41. The molecule has 0 heterocycles. The molecule has 0 amide bonds. The molecule has 4 heteroatoms. The molecular weight excluding hydrogens is 138 g/mol. The quantitative estimate of drug-likeness (QED) is 0.281. The van der Waals surface area contributed by atoms with Gasteiger partial charge in [0.1, 0.15) is 5.55 Å². The van der Waals surface area contributed by atoms with E-state index in [-0.39, 0.29) is 0 Å². The van der Waals surface area contributed by atoms with Gasteiger partial charge in [0.05, 0.1) is 0 Å². The Morgan fingerprint density at radius 2 is 2.44 bits per heavy atom. The van der Waals surface area contributed by atoms with E-state index < -0.39 is 11.1 Å². The van der Waals surface area contributed by atoms with E-state index in [1.807, 2.05) is 6.92 Å². The van der Waals surface area contributed by atoms with Crippen molar-refractivity contribution in [1.29, 1.82) is 0 Å². The maximum atomic E-state index is 9.92. The van der Waals surface area contributed by atoms with E-state index in [4.69, 9.17) is 4.55 Å². The summed E-state index contributed by atoms with van der Waals surface area (Å²) in [6.45, 7) is 2.70. The predicted octanol–water partition coefficient (Wildman–Crippen LogP) is 1.04. The standard InChI is InChI=1S/C5H11NO2S/c1-2-3-4-6-5-9(7)8/h5H,2-4H2,1H3,(H,7,8).